The fraction of sp³-hybridized carbons (Fsp3) is 0.231. The molecule has 0 aromatic carbocycles. The highest BCUT2D eigenvalue weighted by Crippen LogP contribution is 2.27. The van der Waals surface area contributed by atoms with Crippen LogP contribution in [0.5, 0.6) is 0 Å². The third kappa shape index (κ3) is 2.12. The maximum atomic E-state index is 11.8. The molecule has 2 aromatic rings. The van der Waals surface area contributed by atoms with Crippen LogP contribution in [-0.2, 0) is 13.0 Å². The van der Waals surface area contributed by atoms with Crippen molar-refractivity contribution >= 4 is 17.4 Å². The monoisotopic (exact) mass is 287 g/mol. The van der Waals surface area contributed by atoms with E-state index in [1.54, 1.807) is 6.07 Å². The fourth-order valence-corrected chi connectivity index (χ4v) is 2.55. The minimum atomic E-state index is -0.135. The van der Waals surface area contributed by atoms with Gasteiger partial charge < -0.3 is 9.88 Å². The molecule has 0 atom stereocenters. The van der Waals surface area contributed by atoms with E-state index in [4.69, 9.17) is 16.9 Å². The summed E-state index contributed by atoms with van der Waals surface area (Å²) in [7, 11) is 0. The largest absolute Gasteiger partial charge is 0.350 e. The molecule has 0 radical (unpaired) electrons. The second kappa shape index (κ2) is 4.94. The molecule has 1 aliphatic rings. The van der Waals surface area contributed by atoms with Gasteiger partial charge >= 0.3 is 0 Å². The first-order valence-corrected chi connectivity index (χ1v) is 6.43. The first-order valence-electron chi connectivity index (χ1n) is 6.05. The van der Waals surface area contributed by atoms with Crippen LogP contribution in [0.25, 0.3) is 0 Å². The normalized spacial score (nSPS) is 13.7. The van der Waals surface area contributed by atoms with E-state index in [-0.39, 0.29) is 5.56 Å². The van der Waals surface area contributed by atoms with Gasteiger partial charge in [-0.15, -0.1) is 0 Å². The summed E-state index contributed by atoms with van der Waals surface area (Å²) in [4.78, 5) is 24.7. The fourth-order valence-electron chi connectivity index (χ4n) is 2.26. The van der Waals surface area contributed by atoms with Gasteiger partial charge in [-0.2, -0.15) is 5.26 Å². The van der Waals surface area contributed by atoms with Gasteiger partial charge in [0.2, 0.25) is 0 Å². The molecular weight excluding hydrogens is 278 g/mol. The molecule has 6 nitrogen and oxygen atoms in total. The Kier molecular flexibility index (Phi) is 3.12. The topological polar surface area (TPSA) is 85.7 Å². The molecule has 7 heteroatoms. The van der Waals surface area contributed by atoms with Gasteiger partial charge in [0.05, 0.1) is 34.7 Å². The molecule has 0 amide bonds. The van der Waals surface area contributed by atoms with Gasteiger partial charge in [-0.25, -0.2) is 9.97 Å². The Bertz CT molecular complexity index is 764. The number of hydrogen-bond donors (Lipinski definition) is 1. The van der Waals surface area contributed by atoms with Crippen molar-refractivity contribution < 1.29 is 0 Å². The summed E-state index contributed by atoms with van der Waals surface area (Å²) in [5, 5.41) is 9.22. The van der Waals surface area contributed by atoms with E-state index in [1.807, 2.05) is 11.0 Å². The van der Waals surface area contributed by atoms with Crippen molar-refractivity contribution in [1.29, 1.82) is 5.26 Å². The van der Waals surface area contributed by atoms with Crippen LogP contribution in [0.2, 0.25) is 5.02 Å². The van der Waals surface area contributed by atoms with Crippen LogP contribution in [0.1, 0.15) is 16.8 Å². The lowest BCUT2D eigenvalue weighted by atomic mass is 10.1. The number of halogens is 1. The standard InChI is InChI=1S/C13H10ClN5O/c14-10-3-8(4-15)5-16-12(10)19-2-1-11-9(6-19)13(20)18-7-17-11/h3,5,7H,1-2,6H2,(H,17,18,20). The SMILES string of the molecule is N#Cc1cnc(N2CCc3nc[nH]c(=O)c3C2)c(Cl)c1. The van der Waals surface area contributed by atoms with E-state index in [0.717, 1.165) is 5.69 Å². The van der Waals surface area contributed by atoms with Gasteiger partial charge in [0.25, 0.3) is 5.56 Å². The van der Waals surface area contributed by atoms with E-state index >= 15 is 0 Å². The van der Waals surface area contributed by atoms with Crippen LogP contribution in [0.15, 0.2) is 23.4 Å². The van der Waals surface area contributed by atoms with Crippen molar-refractivity contribution in [2.75, 3.05) is 11.4 Å². The second-order valence-corrected chi connectivity index (χ2v) is 4.88. The second-order valence-electron chi connectivity index (χ2n) is 4.47. The number of hydrogen-bond acceptors (Lipinski definition) is 5. The lowest BCUT2D eigenvalue weighted by Crippen LogP contribution is -2.36. The van der Waals surface area contributed by atoms with Gasteiger partial charge in [-0.3, -0.25) is 4.79 Å². The van der Waals surface area contributed by atoms with Crippen LogP contribution in [-0.4, -0.2) is 21.5 Å². The number of H-pyrrole nitrogens is 1. The molecule has 1 aliphatic heterocycles. The Morgan fingerprint density at radius 3 is 3.05 bits per heavy atom. The summed E-state index contributed by atoms with van der Waals surface area (Å²) < 4.78 is 0. The van der Waals surface area contributed by atoms with Gasteiger partial charge in [0.15, 0.2) is 0 Å². The molecule has 0 fully saturated rings. The molecule has 0 bridgehead atoms. The number of pyridine rings is 1. The van der Waals surface area contributed by atoms with E-state index < -0.39 is 0 Å². The first kappa shape index (κ1) is 12.6. The number of anilines is 1. The summed E-state index contributed by atoms with van der Waals surface area (Å²) in [6, 6.07) is 3.57. The summed E-state index contributed by atoms with van der Waals surface area (Å²) in [5.41, 5.74) is 1.73. The number of nitrogens with zero attached hydrogens (tertiary/aromatic N) is 4. The molecule has 0 aliphatic carbocycles. The van der Waals surface area contributed by atoms with Crippen molar-refractivity contribution in [3.8, 4) is 6.07 Å². The van der Waals surface area contributed by atoms with Crippen molar-refractivity contribution in [2.24, 2.45) is 0 Å². The summed E-state index contributed by atoms with van der Waals surface area (Å²) in [6.07, 6.45) is 3.56. The van der Waals surface area contributed by atoms with Gasteiger partial charge in [-0.05, 0) is 6.07 Å². The van der Waals surface area contributed by atoms with Crippen molar-refractivity contribution in [1.82, 2.24) is 15.0 Å². The molecule has 3 heterocycles. The molecule has 0 spiro atoms. The van der Waals surface area contributed by atoms with E-state index in [2.05, 4.69) is 15.0 Å². The first-order chi connectivity index (χ1) is 9.69. The van der Waals surface area contributed by atoms with Crippen LogP contribution >= 0.6 is 11.6 Å². The quantitative estimate of drug-likeness (QED) is 0.853. The van der Waals surface area contributed by atoms with Gasteiger partial charge in [-0.1, -0.05) is 11.6 Å². The number of nitrogens with one attached hydrogen (secondary N) is 1. The molecular formula is C13H10ClN5O. The molecule has 0 unspecified atom stereocenters. The lowest BCUT2D eigenvalue weighted by molar-refractivity contribution is 0.689. The zero-order valence-corrected chi connectivity index (χ0v) is 11.2. The molecule has 2 aromatic heterocycles. The zero-order valence-electron chi connectivity index (χ0n) is 10.4. The van der Waals surface area contributed by atoms with E-state index in [9.17, 15) is 4.79 Å². The minimum absolute atomic E-state index is 0.135. The van der Waals surface area contributed by atoms with E-state index in [0.29, 0.717) is 41.5 Å². The number of nitriles is 1. The smallest absolute Gasteiger partial charge is 0.255 e. The number of aromatic nitrogens is 3. The number of aromatic amines is 1. The van der Waals surface area contributed by atoms with Crippen LogP contribution < -0.4 is 10.5 Å². The number of rotatable bonds is 1. The molecule has 0 saturated carbocycles. The average molecular weight is 288 g/mol. The highest BCUT2D eigenvalue weighted by Gasteiger charge is 2.22. The Labute approximate surface area is 119 Å². The maximum absolute atomic E-state index is 11.8. The van der Waals surface area contributed by atoms with Crippen LogP contribution in [0, 0.1) is 11.3 Å². The highest BCUT2D eigenvalue weighted by atomic mass is 35.5. The Hall–Kier alpha value is -2.39. The van der Waals surface area contributed by atoms with Crippen LogP contribution in [0.4, 0.5) is 5.82 Å². The maximum Gasteiger partial charge on any atom is 0.255 e. The third-order valence-electron chi connectivity index (χ3n) is 3.26. The lowest BCUT2D eigenvalue weighted by Gasteiger charge is -2.28. The zero-order chi connectivity index (χ0) is 14.1. The molecule has 1 N–H and O–H groups in total. The van der Waals surface area contributed by atoms with Crippen molar-refractivity contribution in [3.63, 3.8) is 0 Å². The predicted octanol–water partition coefficient (Wildman–Crippen LogP) is 1.25. The Balaban J connectivity index is 1.97. The molecule has 100 valence electrons. The van der Waals surface area contributed by atoms with Gasteiger partial charge in [0.1, 0.15) is 11.9 Å². The predicted molar refractivity (Wildman–Crippen MR) is 73.6 cm³/mol. The average Bonchev–Trinajstić information content (AvgIpc) is 2.47. The summed E-state index contributed by atoms with van der Waals surface area (Å²) in [5.74, 6) is 0.583. The van der Waals surface area contributed by atoms with Crippen molar-refractivity contribution in [3.05, 3.63) is 50.8 Å². The van der Waals surface area contributed by atoms with Gasteiger partial charge in [0, 0.05) is 19.2 Å². The van der Waals surface area contributed by atoms with Crippen molar-refractivity contribution in [2.45, 2.75) is 13.0 Å². The third-order valence-corrected chi connectivity index (χ3v) is 3.53. The van der Waals surface area contributed by atoms with Crippen LogP contribution in [0.3, 0.4) is 0 Å². The molecule has 3 rings (SSSR count). The highest BCUT2D eigenvalue weighted by molar-refractivity contribution is 6.33. The Morgan fingerprint density at radius 1 is 1.45 bits per heavy atom. The minimum Gasteiger partial charge on any atom is -0.350 e. The molecule has 20 heavy (non-hydrogen) atoms. The summed E-state index contributed by atoms with van der Waals surface area (Å²) in [6.45, 7) is 1.10. The summed E-state index contributed by atoms with van der Waals surface area (Å²) >= 11 is 6.15. The molecule has 0 saturated heterocycles. The Morgan fingerprint density at radius 2 is 2.30 bits per heavy atom. The number of fused-ring (bicyclic) bond motifs is 1. The van der Waals surface area contributed by atoms with E-state index in [1.165, 1.54) is 12.5 Å².